The van der Waals surface area contributed by atoms with Crippen LogP contribution >= 0.6 is 11.3 Å². The number of piperazine rings is 1. The van der Waals surface area contributed by atoms with Crippen LogP contribution in [-0.2, 0) is 6.54 Å². The Morgan fingerprint density at radius 3 is 2.78 bits per heavy atom. The fourth-order valence-electron chi connectivity index (χ4n) is 2.87. The molecule has 2 heterocycles. The van der Waals surface area contributed by atoms with E-state index in [0.717, 1.165) is 19.6 Å². The summed E-state index contributed by atoms with van der Waals surface area (Å²) in [7, 11) is 0. The van der Waals surface area contributed by atoms with Crippen LogP contribution in [0.15, 0.2) is 11.7 Å². The predicted octanol–water partition coefficient (Wildman–Crippen LogP) is 2.89. The normalized spacial score (nSPS) is 24.3. The Labute approximate surface area is 115 Å². The minimum atomic E-state index is 0.316. The molecule has 0 saturated carbocycles. The zero-order chi connectivity index (χ0) is 13.0. The topological polar surface area (TPSA) is 28.2 Å². The summed E-state index contributed by atoms with van der Waals surface area (Å²) in [6.07, 6.45) is 5.65. The van der Waals surface area contributed by atoms with Gasteiger partial charge in [-0.3, -0.25) is 9.88 Å². The van der Waals surface area contributed by atoms with Gasteiger partial charge in [0.1, 0.15) is 0 Å². The van der Waals surface area contributed by atoms with Crippen molar-refractivity contribution in [2.24, 2.45) is 0 Å². The Morgan fingerprint density at radius 2 is 2.22 bits per heavy atom. The van der Waals surface area contributed by atoms with Gasteiger partial charge in [-0.25, -0.2) is 0 Å². The van der Waals surface area contributed by atoms with Gasteiger partial charge in [-0.2, -0.15) is 0 Å². The van der Waals surface area contributed by atoms with Crippen molar-refractivity contribution in [3.63, 3.8) is 0 Å². The van der Waals surface area contributed by atoms with Crippen molar-refractivity contribution in [2.45, 2.75) is 58.2 Å². The second kappa shape index (κ2) is 6.13. The van der Waals surface area contributed by atoms with E-state index in [-0.39, 0.29) is 0 Å². The molecule has 0 aromatic carbocycles. The number of hydrogen-bond donors (Lipinski definition) is 1. The van der Waals surface area contributed by atoms with E-state index in [0.29, 0.717) is 11.6 Å². The van der Waals surface area contributed by atoms with Crippen LogP contribution in [0, 0.1) is 0 Å². The van der Waals surface area contributed by atoms with E-state index in [4.69, 9.17) is 0 Å². The molecule has 1 aliphatic rings. The van der Waals surface area contributed by atoms with Crippen molar-refractivity contribution in [1.82, 2.24) is 15.2 Å². The summed E-state index contributed by atoms with van der Waals surface area (Å²) in [6, 6.07) is 0.665. The minimum absolute atomic E-state index is 0.316. The Balaban J connectivity index is 2.07. The summed E-state index contributed by atoms with van der Waals surface area (Å²) in [6.45, 7) is 10.2. The first-order valence-corrected chi connectivity index (χ1v) is 7.97. The zero-order valence-corrected chi connectivity index (χ0v) is 12.6. The van der Waals surface area contributed by atoms with Crippen LogP contribution in [0.1, 0.15) is 44.9 Å². The van der Waals surface area contributed by atoms with Crippen molar-refractivity contribution in [3.05, 3.63) is 16.6 Å². The number of aromatic nitrogens is 1. The summed E-state index contributed by atoms with van der Waals surface area (Å²) >= 11 is 1.77. The molecular formula is C14H25N3S. The van der Waals surface area contributed by atoms with Gasteiger partial charge in [-0.15, -0.1) is 11.3 Å². The van der Waals surface area contributed by atoms with Crippen LogP contribution in [0.5, 0.6) is 0 Å². The number of thiazole rings is 1. The molecule has 1 saturated heterocycles. The Kier molecular flexibility index (Phi) is 4.76. The van der Waals surface area contributed by atoms with Gasteiger partial charge in [-0.1, -0.05) is 20.8 Å². The van der Waals surface area contributed by atoms with Crippen molar-refractivity contribution >= 4 is 11.3 Å². The highest BCUT2D eigenvalue weighted by molar-refractivity contribution is 7.09. The van der Waals surface area contributed by atoms with E-state index in [1.165, 1.54) is 24.1 Å². The fourth-order valence-corrected chi connectivity index (χ4v) is 3.49. The first kappa shape index (κ1) is 14.0. The van der Waals surface area contributed by atoms with Crippen molar-refractivity contribution in [2.75, 3.05) is 13.1 Å². The third-order valence-corrected chi connectivity index (χ3v) is 5.17. The molecule has 2 rings (SSSR count). The maximum absolute atomic E-state index is 4.19. The second-order valence-electron chi connectivity index (χ2n) is 5.30. The molecule has 3 nitrogen and oxygen atoms in total. The SMILES string of the molecule is CCC1CNC(CC)(CC)CN1Cc1cncs1. The van der Waals surface area contributed by atoms with Crippen LogP contribution in [0.2, 0.25) is 0 Å². The summed E-state index contributed by atoms with van der Waals surface area (Å²) in [5, 5.41) is 3.79. The van der Waals surface area contributed by atoms with Gasteiger partial charge >= 0.3 is 0 Å². The Bertz CT molecular complexity index is 346. The lowest BCUT2D eigenvalue weighted by atomic mass is 9.88. The standard InChI is InChI=1S/C14H25N3S/c1-4-12-7-16-14(5-2,6-3)10-17(12)9-13-8-15-11-18-13/h8,11-12,16H,4-7,9-10H2,1-3H3. The van der Waals surface area contributed by atoms with Crippen LogP contribution in [0.3, 0.4) is 0 Å². The molecule has 0 amide bonds. The number of rotatable bonds is 5. The predicted molar refractivity (Wildman–Crippen MR) is 77.9 cm³/mol. The lowest BCUT2D eigenvalue weighted by Crippen LogP contribution is -2.63. The average molecular weight is 267 g/mol. The summed E-state index contributed by atoms with van der Waals surface area (Å²) in [5.74, 6) is 0. The van der Waals surface area contributed by atoms with Gasteiger partial charge in [0.2, 0.25) is 0 Å². The second-order valence-corrected chi connectivity index (χ2v) is 6.27. The summed E-state index contributed by atoms with van der Waals surface area (Å²) < 4.78 is 0. The monoisotopic (exact) mass is 267 g/mol. The molecule has 102 valence electrons. The van der Waals surface area contributed by atoms with Gasteiger partial charge in [0.05, 0.1) is 5.51 Å². The highest BCUT2D eigenvalue weighted by Gasteiger charge is 2.35. The molecule has 0 aliphatic carbocycles. The van der Waals surface area contributed by atoms with Gasteiger partial charge in [0.15, 0.2) is 0 Å². The van der Waals surface area contributed by atoms with Crippen LogP contribution in [0.25, 0.3) is 0 Å². The molecule has 4 heteroatoms. The van der Waals surface area contributed by atoms with Crippen LogP contribution < -0.4 is 5.32 Å². The van der Waals surface area contributed by atoms with Gasteiger partial charge < -0.3 is 5.32 Å². The molecule has 1 N–H and O–H groups in total. The van der Waals surface area contributed by atoms with E-state index in [9.17, 15) is 0 Å². The van der Waals surface area contributed by atoms with Gasteiger partial charge in [-0.05, 0) is 19.3 Å². The van der Waals surface area contributed by atoms with E-state index in [2.05, 4.69) is 36.0 Å². The first-order chi connectivity index (χ1) is 8.73. The van der Waals surface area contributed by atoms with E-state index in [1.54, 1.807) is 11.3 Å². The van der Waals surface area contributed by atoms with E-state index in [1.807, 2.05) is 11.7 Å². The van der Waals surface area contributed by atoms with Crippen molar-refractivity contribution in [3.8, 4) is 0 Å². The molecule has 1 aromatic rings. The maximum atomic E-state index is 4.19. The third kappa shape index (κ3) is 2.92. The first-order valence-electron chi connectivity index (χ1n) is 7.09. The number of nitrogens with one attached hydrogen (secondary N) is 1. The molecule has 0 bridgehead atoms. The summed E-state index contributed by atoms with van der Waals surface area (Å²) in [5.41, 5.74) is 2.25. The molecule has 0 radical (unpaired) electrons. The maximum Gasteiger partial charge on any atom is 0.0794 e. The Hall–Kier alpha value is -0.450. The molecule has 1 aliphatic heterocycles. The third-order valence-electron chi connectivity index (χ3n) is 4.40. The zero-order valence-electron chi connectivity index (χ0n) is 11.8. The lowest BCUT2D eigenvalue weighted by Gasteiger charge is -2.47. The molecule has 1 fully saturated rings. The molecule has 0 spiro atoms. The van der Waals surface area contributed by atoms with Crippen LogP contribution in [0.4, 0.5) is 0 Å². The molecule has 18 heavy (non-hydrogen) atoms. The molecular weight excluding hydrogens is 242 g/mol. The molecule has 1 atom stereocenters. The van der Waals surface area contributed by atoms with Crippen molar-refractivity contribution in [1.29, 1.82) is 0 Å². The lowest BCUT2D eigenvalue weighted by molar-refractivity contribution is 0.0651. The molecule has 1 unspecified atom stereocenters. The molecule has 1 aromatic heterocycles. The van der Waals surface area contributed by atoms with E-state index >= 15 is 0 Å². The minimum Gasteiger partial charge on any atom is -0.308 e. The fraction of sp³-hybridized carbons (Fsp3) is 0.786. The number of hydrogen-bond acceptors (Lipinski definition) is 4. The van der Waals surface area contributed by atoms with Crippen LogP contribution in [-0.4, -0.2) is 34.6 Å². The summed E-state index contributed by atoms with van der Waals surface area (Å²) in [4.78, 5) is 8.23. The largest absolute Gasteiger partial charge is 0.308 e. The highest BCUT2D eigenvalue weighted by Crippen LogP contribution is 2.25. The van der Waals surface area contributed by atoms with Gasteiger partial charge in [0.25, 0.3) is 0 Å². The van der Waals surface area contributed by atoms with Crippen molar-refractivity contribution < 1.29 is 0 Å². The quantitative estimate of drug-likeness (QED) is 0.889. The van der Waals surface area contributed by atoms with Gasteiger partial charge in [0, 0.05) is 42.3 Å². The Morgan fingerprint density at radius 1 is 1.44 bits per heavy atom. The highest BCUT2D eigenvalue weighted by atomic mass is 32.1. The average Bonchev–Trinajstić information content (AvgIpc) is 2.91. The number of nitrogens with zero attached hydrogens (tertiary/aromatic N) is 2. The smallest absolute Gasteiger partial charge is 0.0794 e. The van der Waals surface area contributed by atoms with E-state index < -0.39 is 0 Å².